The summed E-state index contributed by atoms with van der Waals surface area (Å²) in [6, 6.07) is -0.734. The number of rotatable bonds is 10. The third kappa shape index (κ3) is 10.8. The molecule has 0 unspecified atom stereocenters. The summed E-state index contributed by atoms with van der Waals surface area (Å²) in [6.07, 6.45) is -0.699. The number of carbonyl (C=O) groups is 2. The van der Waals surface area contributed by atoms with Gasteiger partial charge in [-0.25, -0.2) is 0 Å². The highest BCUT2D eigenvalue weighted by Gasteiger charge is 2.44. The van der Waals surface area contributed by atoms with Crippen LogP contribution in [0.3, 0.4) is 0 Å². The van der Waals surface area contributed by atoms with E-state index in [1.807, 2.05) is 0 Å². The molecule has 0 aliphatic rings. The molecule has 0 aliphatic carbocycles. The van der Waals surface area contributed by atoms with Gasteiger partial charge >= 0.3 is 29.5 Å². The predicted molar refractivity (Wildman–Crippen MR) is 64.8 cm³/mol. The zero-order valence-electron chi connectivity index (χ0n) is 10.2. The van der Waals surface area contributed by atoms with Crippen molar-refractivity contribution in [2.24, 2.45) is 0 Å². The standard InChI is InChI=1S/C8H18O9Si2/c9-7(10)3-1-5-18(13,14)17-19(15,16)6-2-4-8(11)12/h13-16H,1-6H2,(H,9,10)(H,11,12). The molecule has 0 amide bonds. The van der Waals surface area contributed by atoms with Gasteiger partial charge in [0, 0.05) is 24.9 Å². The fourth-order valence-corrected chi connectivity index (χ4v) is 5.49. The number of hydrogen-bond donors (Lipinski definition) is 6. The van der Waals surface area contributed by atoms with Crippen LogP contribution in [0.1, 0.15) is 25.7 Å². The summed E-state index contributed by atoms with van der Waals surface area (Å²) >= 11 is 0. The van der Waals surface area contributed by atoms with Crippen molar-refractivity contribution in [1.82, 2.24) is 0 Å². The first-order valence-electron chi connectivity index (χ1n) is 5.57. The normalized spacial score (nSPS) is 12.4. The summed E-state index contributed by atoms with van der Waals surface area (Å²) in [7, 11) is -8.66. The molecule has 9 nitrogen and oxygen atoms in total. The third-order valence-electron chi connectivity index (χ3n) is 2.11. The maximum atomic E-state index is 10.2. The smallest absolute Gasteiger partial charge is 0.481 e. The third-order valence-corrected chi connectivity index (χ3v) is 6.74. The molecular weight excluding hydrogens is 296 g/mol. The average molecular weight is 314 g/mol. The minimum atomic E-state index is -4.33. The zero-order chi connectivity index (χ0) is 15.1. The van der Waals surface area contributed by atoms with Crippen molar-refractivity contribution < 1.29 is 43.1 Å². The molecule has 0 aromatic heterocycles. The molecule has 0 atom stereocenters. The minimum absolute atomic E-state index is 0.0613. The molecule has 0 fully saturated rings. The Morgan fingerprint density at radius 2 is 1.11 bits per heavy atom. The SMILES string of the molecule is O=C(O)CCC[Si](O)(O)O[Si](O)(O)CCCC(=O)O. The number of aliphatic carboxylic acids is 2. The Labute approximate surface area is 111 Å². The molecule has 112 valence electrons. The fraction of sp³-hybridized carbons (Fsp3) is 0.750. The van der Waals surface area contributed by atoms with E-state index in [0.717, 1.165) is 0 Å². The van der Waals surface area contributed by atoms with Gasteiger partial charge in [0.1, 0.15) is 0 Å². The van der Waals surface area contributed by atoms with Gasteiger partial charge in [0.05, 0.1) is 0 Å². The lowest BCUT2D eigenvalue weighted by Crippen LogP contribution is -2.52. The Morgan fingerprint density at radius 1 is 0.789 bits per heavy atom. The van der Waals surface area contributed by atoms with Crippen LogP contribution in [0.5, 0.6) is 0 Å². The topological polar surface area (TPSA) is 165 Å². The number of hydrogen-bond acceptors (Lipinski definition) is 7. The summed E-state index contributed by atoms with van der Waals surface area (Å²) in [4.78, 5) is 58.3. The average Bonchev–Trinajstić information content (AvgIpc) is 2.12. The Bertz CT molecular complexity index is 287. The van der Waals surface area contributed by atoms with Gasteiger partial charge in [-0.3, -0.25) is 9.59 Å². The van der Waals surface area contributed by atoms with Gasteiger partial charge in [0.2, 0.25) is 0 Å². The van der Waals surface area contributed by atoms with Crippen LogP contribution in [0.4, 0.5) is 0 Å². The zero-order valence-corrected chi connectivity index (χ0v) is 12.2. The van der Waals surface area contributed by atoms with E-state index in [0.29, 0.717) is 0 Å². The van der Waals surface area contributed by atoms with Crippen molar-refractivity contribution in [2.45, 2.75) is 37.8 Å². The van der Waals surface area contributed by atoms with Crippen LogP contribution < -0.4 is 0 Å². The summed E-state index contributed by atoms with van der Waals surface area (Å²) < 4.78 is 4.50. The van der Waals surface area contributed by atoms with E-state index in [1.54, 1.807) is 0 Å². The highest BCUT2D eigenvalue weighted by Crippen LogP contribution is 2.17. The molecule has 0 bridgehead atoms. The first-order valence-corrected chi connectivity index (χ1v) is 9.59. The van der Waals surface area contributed by atoms with Gasteiger partial charge < -0.3 is 33.5 Å². The Balaban J connectivity index is 4.13. The van der Waals surface area contributed by atoms with E-state index < -0.39 is 29.5 Å². The maximum absolute atomic E-state index is 10.2. The minimum Gasteiger partial charge on any atom is -0.481 e. The maximum Gasteiger partial charge on any atom is 0.488 e. The molecule has 0 radical (unpaired) electrons. The highest BCUT2D eigenvalue weighted by atomic mass is 28.5. The molecule has 0 spiro atoms. The van der Waals surface area contributed by atoms with Crippen LogP contribution in [0.2, 0.25) is 12.1 Å². The summed E-state index contributed by atoms with van der Waals surface area (Å²) in [5.41, 5.74) is 0. The summed E-state index contributed by atoms with van der Waals surface area (Å²) in [5, 5.41) is 16.8. The Morgan fingerprint density at radius 3 is 1.37 bits per heavy atom. The van der Waals surface area contributed by atoms with E-state index in [1.165, 1.54) is 0 Å². The second-order valence-corrected chi connectivity index (χ2v) is 8.87. The molecule has 0 saturated heterocycles. The lowest BCUT2D eigenvalue weighted by atomic mass is 10.3. The summed E-state index contributed by atoms with van der Waals surface area (Å²) in [6.45, 7) is 0. The molecule has 0 rings (SSSR count). The van der Waals surface area contributed by atoms with Gasteiger partial charge in [-0.1, -0.05) is 0 Å². The van der Waals surface area contributed by atoms with Crippen molar-refractivity contribution in [3.8, 4) is 0 Å². The van der Waals surface area contributed by atoms with Crippen LogP contribution >= 0.6 is 0 Å². The largest absolute Gasteiger partial charge is 0.488 e. The van der Waals surface area contributed by atoms with Gasteiger partial charge in [-0.2, -0.15) is 0 Å². The highest BCUT2D eigenvalue weighted by molar-refractivity contribution is 6.72. The fourth-order valence-electron chi connectivity index (χ4n) is 1.30. The first-order chi connectivity index (χ1) is 8.54. The van der Waals surface area contributed by atoms with E-state index in [-0.39, 0.29) is 37.8 Å². The molecule has 0 aliphatic heterocycles. The lowest BCUT2D eigenvalue weighted by Gasteiger charge is -2.25. The molecule has 6 N–H and O–H groups in total. The number of carboxylic acid groups (broad SMARTS) is 2. The van der Waals surface area contributed by atoms with E-state index in [4.69, 9.17) is 10.2 Å². The first kappa shape index (κ1) is 18.2. The van der Waals surface area contributed by atoms with Crippen molar-refractivity contribution in [1.29, 1.82) is 0 Å². The van der Waals surface area contributed by atoms with Gasteiger partial charge in [-0.15, -0.1) is 0 Å². The monoisotopic (exact) mass is 314 g/mol. The molecular formula is C8H18O9Si2. The van der Waals surface area contributed by atoms with Crippen LogP contribution in [0.15, 0.2) is 0 Å². The quantitative estimate of drug-likeness (QED) is 0.265. The van der Waals surface area contributed by atoms with Crippen molar-refractivity contribution in [3.63, 3.8) is 0 Å². The van der Waals surface area contributed by atoms with E-state index >= 15 is 0 Å². The van der Waals surface area contributed by atoms with Crippen LogP contribution in [0, 0.1) is 0 Å². The lowest BCUT2D eigenvalue weighted by molar-refractivity contribution is -0.138. The van der Waals surface area contributed by atoms with Crippen molar-refractivity contribution in [2.75, 3.05) is 0 Å². The van der Waals surface area contributed by atoms with Gasteiger partial charge in [0.15, 0.2) is 0 Å². The van der Waals surface area contributed by atoms with Crippen LogP contribution in [-0.2, 0) is 13.7 Å². The second-order valence-electron chi connectivity index (χ2n) is 4.08. The van der Waals surface area contributed by atoms with Crippen LogP contribution in [-0.4, -0.2) is 58.9 Å². The summed E-state index contributed by atoms with van der Waals surface area (Å²) in [5.74, 6) is -2.22. The molecule has 0 heterocycles. The Kier molecular flexibility index (Phi) is 7.35. The molecule has 19 heavy (non-hydrogen) atoms. The molecule has 0 aromatic rings. The molecule has 11 heteroatoms. The van der Waals surface area contributed by atoms with Crippen LogP contribution in [0.25, 0.3) is 0 Å². The second kappa shape index (κ2) is 7.69. The van der Waals surface area contributed by atoms with E-state index in [2.05, 4.69) is 4.12 Å². The Hall–Kier alpha value is -0.826. The van der Waals surface area contributed by atoms with E-state index in [9.17, 15) is 28.8 Å². The number of carboxylic acids is 2. The van der Waals surface area contributed by atoms with Crippen molar-refractivity contribution in [3.05, 3.63) is 0 Å². The van der Waals surface area contributed by atoms with Crippen molar-refractivity contribution >= 4 is 29.5 Å². The molecule has 0 aromatic carbocycles. The van der Waals surface area contributed by atoms with Gasteiger partial charge in [-0.05, 0) is 12.8 Å². The van der Waals surface area contributed by atoms with Gasteiger partial charge in [0.25, 0.3) is 0 Å². The predicted octanol–water partition coefficient (Wildman–Crippen LogP) is -1.42. The molecule has 0 saturated carbocycles.